The van der Waals surface area contributed by atoms with Gasteiger partial charge in [-0.3, -0.25) is 10.1 Å². The first kappa shape index (κ1) is 17.9. The molecule has 1 aliphatic carbocycles. The van der Waals surface area contributed by atoms with E-state index in [9.17, 15) is 14.0 Å². The Hall–Kier alpha value is -2.89. The lowest BCUT2D eigenvalue weighted by molar-refractivity contribution is -0.117. The fraction of sp³-hybridized carbons (Fsp3) is 0.300. The highest BCUT2D eigenvalue weighted by Crippen LogP contribution is 2.48. The van der Waals surface area contributed by atoms with Crippen LogP contribution in [0.2, 0.25) is 0 Å². The fourth-order valence-electron chi connectivity index (χ4n) is 3.01. The zero-order valence-electron chi connectivity index (χ0n) is 14.7. The first-order valence-electron chi connectivity index (χ1n) is 8.60. The second-order valence-electron chi connectivity index (χ2n) is 6.28. The number of ether oxygens (including phenoxy) is 1. The molecule has 136 valence electrons. The summed E-state index contributed by atoms with van der Waals surface area (Å²) < 4.78 is 18.7. The summed E-state index contributed by atoms with van der Waals surface area (Å²) in [5.41, 5.74) is 2.50. The molecule has 0 bridgehead atoms. The van der Waals surface area contributed by atoms with Crippen molar-refractivity contribution >= 4 is 23.4 Å². The van der Waals surface area contributed by atoms with Gasteiger partial charge in [0.05, 0.1) is 6.61 Å². The van der Waals surface area contributed by atoms with Crippen molar-refractivity contribution in [2.75, 3.05) is 17.2 Å². The first-order chi connectivity index (χ1) is 12.5. The minimum atomic E-state index is -0.541. The molecule has 1 saturated carbocycles. The molecule has 0 saturated heterocycles. The number of rotatable bonds is 5. The Labute approximate surface area is 151 Å². The van der Waals surface area contributed by atoms with E-state index in [0.717, 1.165) is 5.56 Å². The van der Waals surface area contributed by atoms with Crippen LogP contribution in [0.15, 0.2) is 42.5 Å². The molecule has 0 aromatic heterocycles. The van der Waals surface area contributed by atoms with Crippen molar-refractivity contribution in [3.05, 3.63) is 59.4 Å². The lowest BCUT2D eigenvalue weighted by Gasteiger charge is -2.13. The van der Waals surface area contributed by atoms with Crippen LogP contribution in [-0.4, -0.2) is 18.6 Å². The summed E-state index contributed by atoms with van der Waals surface area (Å²) >= 11 is 0. The van der Waals surface area contributed by atoms with Crippen molar-refractivity contribution in [2.45, 2.75) is 26.2 Å². The second-order valence-corrected chi connectivity index (χ2v) is 6.28. The molecule has 0 heterocycles. The highest BCUT2D eigenvalue weighted by Gasteiger charge is 2.45. The molecule has 0 spiro atoms. The Kier molecular flexibility index (Phi) is 5.21. The van der Waals surface area contributed by atoms with Crippen molar-refractivity contribution in [2.24, 2.45) is 5.92 Å². The summed E-state index contributed by atoms with van der Waals surface area (Å²) in [6, 6.07) is 11.8. The standard InChI is InChI=1S/C20H21FN2O3/c1-3-26-20(25)23-18-10-6-9-17(12(18)2)22-19(24)15-11-14(15)13-7-4-5-8-16(13)21/h4-10,14-15H,3,11H2,1-2H3,(H,22,24)(H,23,25). The summed E-state index contributed by atoms with van der Waals surface area (Å²) in [6.45, 7) is 3.81. The van der Waals surface area contributed by atoms with Gasteiger partial charge >= 0.3 is 6.09 Å². The number of amides is 2. The molecule has 26 heavy (non-hydrogen) atoms. The fourth-order valence-corrected chi connectivity index (χ4v) is 3.01. The number of benzene rings is 2. The maximum atomic E-state index is 13.9. The van der Waals surface area contributed by atoms with Gasteiger partial charge in [0.15, 0.2) is 0 Å². The molecule has 2 atom stereocenters. The normalized spacial score (nSPS) is 18.1. The van der Waals surface area contributed by atoms with Gasteiger partial charge in [-0.05, 0) is 55.5 Å². The Morgan fingerprint density at radius 3 is 2.50 bits per heavy atom. The molecule has 2 amide bonds. The van der Waals surface area contributed by atoms with Gasteiger partial charge in [0.25, 0.3) is 0 Å². The summed E-state index contributed by atoms with van der Waals surface area (Å²) in [7, 11) is 0. The summed E-state index contributed by atoms with van der Waals surface area (Å²) in [4.78, 5) is 24.1. The predicted octanol–water partition coefficient (Wildman–Crippen LogP) is 4.44. The number of halogens is 1. The first-order valence-corrected chi connectivity index (χ1v) is 8.60. The largest absolute Gasteiger partial charge is 0.450 e. The van der Waals surface area contributed by atoms with Gasteiger partial charge in [-0.25, -0.2) is 9.18 Å². The minimum Gasteiger partial charge on any atom is -0.450 e. The Morgan fingerprint density at radius 2 is 1.81 bits per heavy atom. The van der Waals surface area contributed by atoms with Crippen LogP contribution in [0.4, 0.5) is 20.6 Å². The molecule has 1 aliphatic rings. The van der Waals surface area contributed by atoms with Gasteiger partial charge in [-0.1, -0.05) is 24.3 Å². The highest BCUT2D eigenvalue weighted by molar-refractivity contribution is 5.97. The van der Waals surface area contributed by atoms with Crippen LogP contribution in [0.5, 0.6) is 0 Å². The third kappa shape index (κ3) is 3.85. The average molecular weight is 356 g/mol. The smallest absolute Gasteiger partial charge is 0.411 e. The van der Waals surface area contributed by atoms with Crippen LogP contribution in [0.3, 0.4) is 0 Å². The molecule has 5 nitrogen and oxygen atoms in total. The number of hydrogen-bond donors (Lipinski definition) is 2. The van der Waals surface area contributed by atoms with Crippen LogP contribution < -0.4 is 10.6 Å². The van der Waals surface area contributed by atoms with Crippen molar-refractivity contribution < 1.29 is 18.7 Å². The number of anilines is 2. The second kappa shape index (κ2) is 7.56. The van der Waals surface area contributed by atoms with Gasteiger partial charge in [-0.2, -0.15) is 0 Å². The molecule has 1 fully saturated rings. The van der Waals surface area contributed by atoms with Crippen LogP contribution in [0.25, 0.3) is 0 Å². The molecule has 2 unspecified atom stereocenters. The maximum Gasteiger partial charge on any atom is 0.411 e. The highest BCUT2D eigenvalue weighted by atomic mass is 19.1. The van der Waals surface area contributed by atoms with E-state index < -0.39 is 6.09 Å². The average Bonchev–Trinajstić information content (AvgIpc) is 3.40. The van der Waals surface area contributed by atoms with Crippen LogP contribution in [0, 0.1) is 18.7 Å². The molecular formula is C20H21FN2O3. The third-order valence-electron chi connectivity index (χ3n) is 4.54. The van der Waals surface area contributed by atoms with Crippen molar-refractivity contribution in [1.82, 2.24) is 0 Å². The molecular weight excluding hydrogens is 335 g/mol. The molecule has 3 rings (SSSR count). The lowest BCUT2D eigenvalue weighted by Crippen LogP contribution is -2.17. The minimum absolute atomic E-state index is 0.0858. The monoisotopic (exact) mass is 356 g/mol. The number of carbonyl (C=O) groups excluding carboxylic acids is 2. The SMILES string of the molecule is CCOC(=O)Nc1cccc(NC(=O)C2CC2c2ccccc2F)c1C. The number of carbonyl (C=O) groups is 2. The molecule has 0 radical (unpaired) electrons. The van der Waals surface area contributed by atoms with E-state index in [-0.39, 0.29) is 30.2 Å². The van der Waals surface area contributed by atoms with Gasteiger partial charge in [0.2, 0.25) is 5.91 Å². The van der Waals surface area contributed by atoms with Crippen molar-refractivity contribution in [3.8, 4) is 0 Å². The molecule has 0 aliphatic heterocycles. The van der Waals surface area contributed by atoms with E-state index in [1.807, 2.05) is 0 Å². The Morgan fingerprint density at radius 1 is 1.12 bits per heavy atom. The van der Waals surface area contributed by atoms with Crippen LogP contribution in [0.1, 0.15) is 30.4 Å². The number of hydrogen-bond acceptors (Lipinski definition) is 3. The number of nitrogens with one attached hydrogen (secondary N) is 2. The quantitative estimate of drug-likeness (QED) is 0.832. The van der Waals surface area contributed by atoms with E-state index in [1.165, 1.54) is 6.07 Å². The maximum absolute atomic E-state index is 13.9. The van der Waals surface area contributed by atoms with E-state index >= 15 is 0 Å². The van der Waals surface area contributed by atoms with E-state index in [1.54, 1.807) is 50.2 Å². The summed E-state index contributed by atoms with van der Waals surface area (Å²) in [5.74, 6) is -0.746. The van der Waals surface area contributed by atoms with E-state index in [0.29, 0.717) is 23.4 Å². The van der Waals surface area contributed by atoms with E-state index in [2.05, 4.69) is 10.6 Å². The topological polar surface area (TPSA) is 67.4 Å². The Bertz CT molecular complexity index is 838. The van der Waals surface area contributed by atoms with E-state index in [4.69, 9.17) is 4.74 Å². The van der Waals surface area contributed by atoms with Crippen molar-refractivity contribution in [3.63, 3.8) is 0 Å². The van der Waals surface area contributed by atoms with Gasteiger partial charge < -0.3 is 10.1 Å². The van der Waals surface area contributed by atoms with Crippen LogP contribution >= 0.6 is 0 Å². The molecule has 2 N–H and O–H groups in total. The van der Waals surface area contributed by atoms with Gasteiger partial charge in [0.1, 0.15) is 5.82 Å². The molecule has 2 aromatic carbocycles. The Balaban J connectivity index is 1.67. The summed E-state index contributed by atoms with van der Waals surface area (Å²) in [5, 5.41) is 5.53. The molecule has 2 aromatic rings. The van der Waals surface area contributed by atoms with Crippen molar-refractivity contribution in [1.29, 1.82) is 0 Å². The lowest BCUT2D eigenvalue weighted by atomic mass is 10.1. The third-order valence-corrected chi connectivity index (χ3v) is 4.54. The zero-order valence-corrected chi connectivity index (χ0v) is 14.7. The molecule has 6 heteroatoms. The van der Waals surface area contributed by atoms with Gasteiger partial charge in [-0.15, -0.1) is 0 Å². The summed E-state index contributed by atoms with van der Waals surface area (Å²) in [6.07, 6.45) is 0.0907. The zero-order chi connectivity index (χ0) is 18.7. The predicted molar refractivity (Wildman–Crippen MR) is 97.7 cm³/mol. The van der Waals surface area contributed by atoms with Crippen LogP contribution in [-0.2, 0) is 9.53 Å². The van der Waals surface area contributed by atoms with Gasteiger partial charge in [0, 0.05) is 17.3 Å².